The van der Waals surface area contributed by atoms with Gasteiger partial charge in [-0.3, -0.25) is 0 Å². The summed E-state index contributed by atoms with van der Waals surface area (Å²) in [5.74, 6) is 1.07. The largest absolute Gasteiger partial charge is 0.423 e. The van der Waals surface area contributed by atoms with Gasteiger partial charge < -0.3 is 14.6 Å². The van der Waals surface area contributed by atoms with Crippen molar-refractivity contribution in [1.29, 1.82) is 0 Å². The molecule has 0 amide bonds. The average Bonchev–Trinajstić information content (AvgIpc) is 2.92. The Balaban J connectivity index is 1.92. The molecule has 112 valence electrons. The second-order valence-electron chi connectivity index (χ2n) is 5.41. The SMILES string of the molecule is O=c1cc(CSC[C@@H](O)CO)c2cc3c(cc2o1)CCC3. The first-order valence-corrected chi connectivity index (χ1v) is 8.28. The van der Waals surface area contributed by atoms with Gasteiger partial charge in [0.2, 0.25) is 0 Å². The molecule has 0 saturated carbocycles. The number of aliphatic hydroxyl groups is 2. The van der Waals surface area contributed by atoms with Crippen molar-refractivity contribution in [2.45, 2.75) is 31.1 Å². The van der Waals surface area contributed by atoms with Gasteiger partial charge in [0.15, 0.2) is 0 Å². The second-order valence-corrected chi connectivity index (χ2v) is 6.44. The molecule has 0 unspecified atom stereocenters. The van der Waals surface area contributed by atoms with Gasteiger partial charge in [0.1, 0.15) is 5.58 Å². The molecule has 2 N–H and O–H groups in total. The molecular formula is C16H18O4S. The Hall–Kier alpha value is -1.30. The van der Waals surface area contributed by atoms with E-state index in [1.54, 1.807) is 0 Å². The lowest BCUT2D eigenvalue weighted by atomic mass is 10.0. The number of thioether (sulfide) groups is 1. The number of aryl methyl sites for hydroxylation is 2. The predicted octanol–water partition coefficient (Wildman–Crippen LogP) is 1.87. The van der Waals surface area contributed by atoms with E-state index < -0.39 is 6.10 Å². The van der Waals surface area contributed by atoms with Crippen LogP contribution in [0, 0.1) is 0 Å². The van der Waals surface area contributed by atoms with Crippen molar-refractivity contribution in [2.75, 3.05) is 12.4 Å². The lowest BCUT2D eigenvalue weighted by Crippen LogP contribution is -2.14. The summed E-state index contributed by atoms with van der Waals surface area (Å²) in [5.41, 5.74) is 3.88. The van der Waals surface area contributed by atoms with Crippen LogP contribution in [0.4, 0.5) is 0 Å². The molecule has 1 atom stereocenters. The summed E-state index contributed by atoms with van der Waals surface area (Å²) in [6.07, 6.45) is 2.57. The van der Waals surface area contributed by atoms with E-state index in [4.69, 9.17) is 9.52 Å². The molecule has 0 radical (unpaired) electrons. The van der Waals surface area contributed by atoms with Crippen LogP contribution in [0.1, 0.15) is 23.1 Å². The molecule has 0 fully saturated rings. The molecule has 0 aliphatic heterocycles. The fourth-order valence-corrected chi connectivity index (χ4v) is 3.73. The quantitative estimate of drug-likeness (QED) is 0.825. The third kappa shape index (κ3) is 3.15. The van der Waals surface area contributed by atoms with Crippen molar-refractivity contribution < 1.29 is 14.6 Å². The van der Waals surface area contributed by atoms with Gasteiger partial charge >= 0.3 is 5.63 Å². The van der Waals surface area contributed by atoms with E-state index >= 15 is 0 Å². The molecule has 0 spiro atoms. The van der Waals surface area contributed by atoms with E-state index in [9.17, 15) is 9.90 Å². The van der Waals surface area contributed by atoms with Crippen LogP contribution in [0.15, 0.2) is 27.4 Å². The minimum absolute atomic E-state index is 0.238. The summed E-state index contributed by atoms with van der Waals surface area (Å²) in [7, 11) is 0. The number of benzene rings is 1. The topological polar surface area (TPSA) is 70.7 Å². The van der Waals surface area contributed by atoms with Gasteiger partial charge in [-0.25, -0.2) is 4.79 Å². The van der Waals surface area contributed by atoms with Crippen molar-refractivity contribution in [3.05, 3.63) is 45.3 Å². The van der Waals surface area contributed by atoms with Crippen LogP contribution in [0.25, 0.3) is 11.0 Å². The highest BCUT2D eigenvalue weighted by atomic mass is 32.2. The predicted molar refractivity (Wildman–Crippen MR) is 83.8 cm³/mol. The van der Waals surface area contributed by atoms with Crippen LogP contribution in [-0.2, 0) is 18.6 Å². The molecule has 1 aliphatic carbocycles. The van der Waals surface area contributed by atoms with Crippen LogP contribution < -0.4 is 5.63 Å². The summed E-state index contributed by atoms with van der Waals surface area (Å²) in [6, 6.07) is 5.66. The summed E-state index contributed by atoms with van der Waals surface area (Å²) in [6.45, 7) is -0.238. The summed E-state index contributed by atoms with van der Waals surface area (Å²) in [4.78, 5) is 11.7. The zero-order valence-electron chi connectivity index (χ0n) is 11.7. The summed E-state index contributed by atoms with van der Waals surface area (Å²) in [5, 5.41) is 19.2. The standard InChI is InChI=1S/C16H18O4S/c17-7-13(18)9-21-8-12-6-16(19)20-15-5-11-3-1-2-10(11)4-14(12)15/h4-6,13,17-18H,1-3,7-9H2/t13-/m0/s1. The fraction of sp³-hybridized carbons (Fsp3) is 0.438. The van der Waals surface area contributed by atoms with E-state index in [1.807, 2.05) is 6.07 Å². The molecule has 1 aromatic heterocycles. The fourth-order valence-electron chi connectivity index (χ4n) is 2.77. The van der Waals surface area contributed by atoms with Crippen LogP contribution in [0.2, 0.25) is 0 Å². The van der Waals surface area contributed by atoms with Gasteiger partial charge in [0.05, 0.1) is 12.7 Å². The van der Waals surface area contributed by atoms with Crippen molar-refractivity contribution in [1.82, 2.24) is 0 Å². The molecule has 0 bridgehead atoms. The summed E-state index contributed by atoms with van der Waals surface area (Å²) < 4.78 is 5.32. The minimum atomic E-state index is -0.717. The zero-order chi connectivity index (χ0) is 14.8. The molecule has 4 nitrogen and oxygen atoms in total. The van der Waals surface area contributed by atoms with Crippen molar-refractivity contribution >= 4 is 22.7 Å². The molecule has 0 saturated heterocycles. The maximum atomic E-state index is 11.7. The van der Waals surface area contributed by atoms with Crippen LogP contribution in [0.3, 0.4) is 0 Å². The Labute approximate surface area is 126 Å². The zero-order valence-corrected chi connectivity index (χ0v) is 12.5. The van der Waals surface area contributed by atoms with Crippen LogP contribution >= 0.6 is 11.8 Å². The number of hydrogen-bond donors (Lipinski definition) is 2. The molecule has 2 aromatic rings. The van der Waals surface area contributed by atoms with E-state index in [0.29, 0.717) is 17.1 Å². The third-order valence-corrected chi connectivity index (χ3v) is 4.96. The van der Waals surface area contributed by atoms with E-state index in [-0.39, 0.29) is 12.2 Å². The molecule has 1 aliphatic rings. The highest BCUT2D eigenvalue weighted by Gasteiger charge is 2.15. The van der Waals surface area contributed by atoms with Crippen molar-refractivity contribution in [3.63, 3.8) is 0 Å². The van der Waals surface area contributed by atoms with Crippen LogP contribution in [-0.4, -0.2) is 28.7 Å². The first kappa shape index (κ1) is 14.6. The Morgan fingerprint density at radius 3 is 2.76 bits per heavy atom. The molecule has 1 heterocycles. The minimum Gasteiger partial charge on any atom is -0.423 e. The van der Waals surface area contributed by atoms with Crippen molar-refractivity contribution in [2.24, 2.45) is 0 Å². The first-order chi connectivity index (χ1) is 10.2. The molecule has 21 heavy (non-hydrogen) atoms. The highest BCUT2D eigenvalue weighted by Crippen LogP contribution is 2.29. The van der Waals surface area contributed by atoms with E-state index in [2.05, 4.69) is 6.07 Å². The van der Waals surface area contributed by atoms with Gasteiger partial charge in [-0.1, -0.05) is 0 Å². The third-order valence-electron chi connectivity index (χ3n) is 3.82. The second kappa shape index (κ2) is 6.22. The van der Waals surface area contributed by atoms with Gasteiger partial charge in [0.25, 0.3) is 0 Å². The van der Waals surface area contributed by atoms with Crippen LogP contribution in [0.5, 0.6) is 0 Å². The number of aliphatic hydroxyl groups excluding tert-OH is 2. The normalized spacial score (nSPS) is 15.3. The lowest BCUT2D eigenvalue weighted by molar-refractivity contribution is 0.113. The highest BCUT2D eigenvalue weighted by molar-refractivity contribution is 7.98. The molecule has 3 rings (SSSR count). The Morgan fingerprint density at radius 1 is 1.24 bits per heavy atom. The maximum absolute atomic E-state index is 11.7. The van der Waals surface area contributed by atoms with Gasteiger partial charge in [-0.15, -0.1) is 0 Å². The molecule has 1 aromatic carbocycles. The lowest BCUT2D eigenvalue weighted by Gasteiger charge is -2.09. The van der Waals surface area contributed by atoms with Gasteiger partial charge in [-0.05, 0) is 48.1 Å². The van der Waals surface area contributed by atoms with Gasteiger partial charge in [-0.2, -0.15) is 11.8 Å². The Bertz CT molecular complexity index is 707. The number of hydrogen-bond acceptors (Lipinski definition) is 5. The molecule has 5 heteroatoms. The van der Waals surface area contributed by atoms with Gasteiger partial charge in [0, 0.05) is 23.0 Å². The smallest absolute Gasteiger partial charge is 0.336 e. The number of fused-ring (bicyclic) bond motifs is 2. The van der Waals surface area contributed by atoms with Crippen molar-refractivity contribution in [3.8, 4) is 0 Å². The molecular weight excluding hydrogens is 288 g/mol. The monoisotopic (exact) mass is 306 g/mol. The maximum Gasteiger partial charge on any atom is 0.336 e. The van der Waals surface area contributed by atoms with E-state index in [0.717, 1.165) is 30.2 Å². The Kier molecular flexibility index (Phi) is 4.33. The first-order valence-electron chi connectivity index (χ1n) is 7.12. The van der Waals surface area contributed by atoms with E-state index in [1.165, 1.54) is 29.0 Å². The number of rotatable bonds is 5. The average molecular weight is 306 g/mol. The summed E-state index contributed by atoms with van der Waals surface area (Å²) >= 11 is 1.51. The Morgan fingerprint density at radius 2 is 2.00 bits per heavy atom.